The van der Waals surface area contributed by atoms with E-state index in [0.717, 1.165) is 6.42 Å². The number of rotatable bonds is 2. The summed E-state index contributed by atoms with van der Waals surface area (Å²) in [5.41, 5.74) is 7.15. The van der Waals surface area contributed by atoms with Gasteiger partial charge in [-0.15, -0.1) is 0 Å². The third kappa shape index (κ3) is 1.94. The van der Waals surface area contributed by atoms with Crippen LogP contribution in [-0.2, 0) is 24.5 Å². The summed E-state index contributed by atoms with van der Waals surface area (Å²) in [5, 5.41) is 4.70. The van der Waals surface area contributed by atoms with E-state index in [2.05, 4.69) is 56.7 Å². The molecule has 0 spiro atoms. The van der Waals surface area contributed by atoms with Gasteiger partial charge in [-0.1, -0.05) is 0 Å². The van der Waals surface area contributed by atoms with Crippen LogP contribution in [0.4, 0.5) is 5.69 Å². The van der Waals surface area contributed by atoms with Crippen LogP contribution in [0.1, 0.15) is 11.1 Å². The molecule has 17 heavy (non-hydrogen) atoms. The van der Waals surface area contributed by atoms with Crippen LogP contribution in [0.3, 0.4) is 0 Å². The Morgan fingerprint density at radius 2 is 1.71 bits per heavy atom. The van der Waals surface area contributed by atoms with Gasteiger partial charge in [0, 0.05) is 0 Å². The molecule has 85 valence electrons. The Balaban J connectivity index is 2.11. The van der Waals surface area contributed by atoms with Crippen molar-refractivity contribution in [2.75, 3.05) is 3.80 Å². The molecule has 0 saturated carbocycles. The Morgan fingerprint density at radius 3 is 2.53 bits per heavy atom. The molecule has 1 aliphatic rings. The van der Waals surface area contributed by atoms with Crippen molar-refractivity contribution in [3.05, 3.63) is 53.6 Å². The molecule has 0 atom stereocenters. The van der Waals surface area contributed by atoms with Gasteiger partial charge in [0.1, 0.15) is 0 Å². The van der Waals surface area contributed by atoms with Gasteiger partial charge in [0.05, 0.1) is 0 Å². The van der Waals surface area contributed by atoms with E-state index in [9.17, 15) is 0 Å². The number of nitrogens with one attached hydrogen (secondary N) is 1. The summed E-state index contributed by atoms with van der Waals surface area (Å²) in [6.45, 7) is 0. The first-order valence-electron chi connectivity index (χ1n) is 6.03. The van der Waals surface area contributed by atoms with Crippen LogP contribution < -0.4 is 3.80 Å². The van der Waals surface area contributed by atoms with Gasteiger partial charge in [-0.05, 0) is 0 Å². The first-order chi connectivity index (χ1) is 8.25. The van der Waals surface area contributed by atoms with Crippen molar-refractivity contribution in [1.82, 2.24) is 0 Å². The maximum absolute atomic E-state index is 3.71. The summed E-state index contributed by atoms with van der Waals surface area (Å²) in [5.74, 6) is 0. The second kappa shape index (κ2) is 4.32. The average Bonchev–Trinajstić information content (AvgIpc) is 2.68. The number of benzene rings is 2. The van der Waals surface area contributed by atoms with E-state index in [1.54, 1.807) is 0 Å². The van der Waals surface area contributed by atoms with Crippen LogP contribution in [0, 0.1) is 0 Å². The number of hydrogen-bond donors (Lipinski definition) is 1. The van der Waals surface area contributed by atoms with E-state index in [-0.39, 0.29) is 0 Å². The fourth-order valence-corrected chi connectivity index (χ4v) is 3.75. The fourth-order valence-electron chi connectivity index (χ4n) is 2.54. The number of fused-ring (bicyclic) bond motifs is 3. The van der Waals surface area contributed by atoms with Gasteiger partial charge in [0.2, 0.25) is 0 Å². The monoisotopic (exact) mass is 258 g/mol. The Hall–Kier alpha value is -1.05. The van der Waals surface area contributed by atoms with Crippen LogP contribution >= 0.6 is 0 Å². The normalized spacial score (nSPS) is 11.9. The van der Waals surface area contributed by atoms with E-state index in [1.165, 1.54) is 27.9 Å². The molecule has 0 aromatic heterocycles. The zero-order chi connectivity index (χ0) is 11.8. The second-order valence-corrected chi connectivity index (χ2v) is 8.30. The van der Waals surface area contributed by atoms with Crippen molar-refractivity contribution >= 4 is 5.69 Å². The van der Waals surface area contributed by atoms with E-state index in [0.29, 0.717) is 0 Å². The minimum atomic E-state index is -1.03. The van der Waals surface area contributed by atoms with E-state index in [1.807, 2.05) is 0 Å². The standard InChI is InChI=1S/C13H10N.2CH3.Ti/c14-13-7-3-6-11-10-5-2-1-4-9(10)8-12(11)13;;;/h1-7,14H,8H2;2*1H3;/q-1;;;+1. The quantitative estimate of drug-likeness (QED) is 0.676. The van der Waals surface area contributed by atoms with Gasteiger partial charge in [0.25, 0.3) is 0 Å². The molecule has 0 unspecified atom stereocenters. The first-order valence-corrected chi connectivity index (χ1v) is 9.93. The molecule has 0 saturated heterocycles. The predicted octanol–water partition coefficient (Wildman–Crippen LogP) is 4.30. The van der Waals surface area contributed by atoms with Crippen molar-refractivity contribution in [3.8, 4) is 11.1 Å². The summed E-state index contributed by atoms with van der Waals surface area (Å²) >= 11 is -1.03. The van der Waals surface area contributed by atoms with E-state index < -0.39 is 18.1 Å². The fraction of sp³-hybridized carbons (Fsp3) is 0.200. The summed E-state index contributed by atoms with van der Waals surface area (Å²) in [6, 6.07) is 15.4. The van der Waals surface area contributed by atoms with Gasteiger partial charge in [-0.25, -0.2) is 0 Å². The molecule has 2 aromatic carbocycles. The SMILES string of the molecule is [CH3][Ti]([CH3])[NH]c1cccc2c1Cc1ccccc1-2. The molecule has 0 aliphatic heterocycles. The molecule has 0 fully saturated rings. The van der Waals surface area contributed by atoms with Crippen molar-refractivity contribution in [2.45, 2.75) is 16.9 Å². The third-order valence-electron chi connectivity index (χ3n) is 3.24. The van der Waals surface area contributed by atoms with Gasteiger partial charge < -0.3 is 0 Å². The van der Waals surface area contributed by atoms with Crippen LogP contribution in [0.2, 0.25) is 10.5 Å². The van der Waals surface area contributed by atoms with Crippen molar-refractivity contribution in [2.24, 2.45) is 0 Å². The average molecular weight is 258 g/mol. The molecule has 1 N–H and O–H groups in total. The van der Waals surface area contributed by atoms with Gasteiger partial charge >= 0.3 is 109 Å². The van der Waals surface area contributed by atoms with Gasteiger partial charge in [0.15, 0.2) is 0 Å². The summed E-state index contributed by atoms with van der Waals surface area (Å²) in [4.78, 5) is 0. The van der Waals surface area contributed by atoms with Gasteiger partial charge in [-0.3, -0.25) is 0 Å². The van der Waals surface area contributed by atoms with Crippen LogP contribution in [-0.4, -0.2) is 0 Å². The predicted molar refractivity (Wildman–Crippen MR) is 70.0 cm³/mol. The Labute approximate surface area is 109 Å². The zero-order valence-corrected chi connectivity index (χ0v) is 11.8. The van der Waals surface area contributed by atoms with E-state index >= 15 is 0 Å². The topological polar surface area (TPSA) is 12.0 Å². The van der Waals surface area contributed by atoms with Crippen LogP contribution in [0.15, 0.2) is 42.5 Å². The first kappa shape index (κ1) is 11.1. The second-order valence-electron chi connectivity index (χ2n) is 4.79. The Morgan fingerprint density at radius 1 is 0.941 bits per heavy atom. The molecule has 2 heteroatoms. The molecule has 1 aliphatic carbocycles. The number of anilines is 1. The number of hydrogen-bond acceptors (Lipinski definition) is 1. The van der Waals surface area contributed by atoms with Gasteiger partial charge in [-0.2, -0.15) is 0 Å². The van der Waals surface area contributed by atoms with Crippen molar-refractivity contribution in [1.29, 1.82) is 0 Å². The Kier molecular flexibility index (Phi) is 2.81. The molecule has 2 aromatic rings. The summed E-state index contributed by atoms with van der Waals surface area (Å²) < 4.78 is 3.71. The molecule has 0 amide bonds. The maximum atomic E-state index is 3.71. The molecular formula is C15H16NTi. The summed E-state index contributed by atoms with van der Waals surface area (Å²) in [6.07, 6.45) is 1.08. The van der Waals surface area contributed by atoms with Crippen molar-refractivity contribution in [3.63, 3.8) is 0 Å². The molecular weight excluding hydrogens is 242 g/mol. The molecule has 0 bridgehead atoms. The molecule has 0 radical (unpaired) electrons. The molecule has 1 nitrogen and oxygen atoms in total. The summed E-state index contributed by atoms with van der Waals surface area (Å²) in [7, 11) is 0. The zero-order valence-electron chi connectivity index (χ0n) is 10.2. The molecule has 3 rings (SSSR count). The minimum absolute atomic E-state index is 1.03. The van der Waals surface area contributed by atoms with Crippen LogP contribution in [0.25, 0.3) is 11.1 Å². The third-order valence-corrected chi connectivity index (χ3v) is 4.44. The van der Waals surface area contributed by atoms with Crippen molar-refractivity contribution < 1.29 is 18.1 Å². The van der Waals surface area contributed by atoms with E-state index in [4.69, 9.17) is 0 Å². The molecule has 0 heterocycles. The Bertz CT molecular complexity index is 561. The van der Waals surface area contributed by atoms with Crippen LogP contribution in [0.5, 0.6) is 0 Å².